The van der Waals surface area contributed by atoms with E-state index < -0.39 is 11.7 Å². The van der Waals surface area contributed by atoms with Gasteiger partial charge in [0.05, 0.1) is 11.4 Å². The van der Waals surface area contributed by atoms with Crippen molar-refractivity contribution in [3.05, 3.63) is 58.4 Å². The number of aryl methyl sites for hydroxylation is 2. The maximum absolute atomic E-state index is 12.1. The number of amides is 2. The molecule has 2 aromatic rings. The predicted molar refractivity (Wildman–Crippen MR) is 124 cm³/mol. The summed E-state index contributed by atoms with van der Waals surface area (Å²) in [6.07, 6.45) is 2.35. The molecule has 0 aliphatic rings. The van der Waals surface area contributed by atoms with E-state index in [0.29, 0.717) is 19.4 Å². The Morgan fingerprint density at radius 2 is 1.71 bits per heavy atom. The fourth-order valence-electron chi connectivity index (χ4n) is 3.32. The van der Waals surface area contributed by atoms with Crippen LogP contribution in [0.3, 0.4) is 0 Å². The third-order valence-electron chi connectivity index (χ3n) is 4.65. The van der Waals surface area contributed by atoms with E-state index in [-0.39, 0.29) is 5.91 Å². The van der Waals surface area contributed by atoms with Crippen LogP contribution in [0.4, 0.5) is 10.5 Å². The average Bonchev–Trinajstić information content (AvgIpc) is 2.65. The molecule has 6 heteroatoms. The van der Waals surface area contributed by atoms with Gasteiger partial charge in [-0.3, -0.25) is 9.78 Å². The number of ether oxygens (including phenoxy) is 1. The molecular formula is C25H35N3O3. The average molecular weight is 426 g/mol. The maximum Gasteiger partial charge on any atom is 0.407 e. The minimum atomic E-state index is -0.496. The largest absolute Gasteiger partial charge is 0.444 e. The van der Waals surface area contributed by atoms with E-state index in [1.165, 1.54) is 0 Å². The summed E-state index contributed by atoms with van der Waals surface area (Å²) in [4.78, 5) is 28.4. The van der Waals surface area contributed by atoms with Gasteiger partial charge in [-0.2, -0.15) is 0 Å². The second-order valence-electron chi connectivity index (χ2n) is 8.85. The quantitative estimate of drug-likeness (QED) is 0.617. The number of anilines is 1. The highest BCUT2D eigenvalue weighted by Gasteiger charge is 2.15. The minimum Gasteiger partial charge on any atom is -0.444 e. The Balaban J connectivity index is 2.01. The van der Waals surface area contributed by atoms with Gasteiger partial charge >= 0.3 is 6.09 Å². The Hall–Kier alpha value is -2.89. The van der Waals surface area contributed by atoms with E-state index in [1.807, 2.05) is 47.6 Å². The van der Waals surface area contributed by atoms with Gasteiger partial charge in [-0.1, -0.05) is 31.2 Å². The van der Waals surface area contributed by atoms with Gasteiger partial charge in [0.25, 0.3) is 0 Å². The van der Waals surface area contributed by atoms with Crippen molar-refractivity contribution in [3.63, 3.8) is 0 Å². The molecule has 0 spiro atoms. The lowest BCUT2D eigenvalue weighted by Gasteiger charge is -2.19. The van der Waals surface area contributed by atoms with Crippen molar-refractivity contribution < 1.29 is 14.3 Å². The van der Waals surface area contributed by atoms with Crippen molar-refractivity contribution in [1.29, 1.82) is 0 Å². The lowest BCUT2D eigenvalue weighted by atomic mass is 10.00. The molecule has 2 amide bonds. The lowest BCUT2D eigenvalue weighted by molar-refractivity contribution is -0.116. The molecule has 0 aliphatic carbocycles. The normalized spacial score (nSPS) is 11.2. The number of aromatic nitrogens is 1. The Bertz CT molecular complexity index is 899. The van der Waals surface area contributed by atoms with Crippen molar-refractivity contribution in [2.75, 3.05) is 11.9 Å². The summed E-state index contributed by atoms with van der Waals surface area (Å²) < 4.78 is 5.25. The van der Waals surface area contributed by atoms with E-state index in [1.54, 1.807) is 0 Å². The third kappa shape index (κ3) is 8.40. The first-order chi connectivity index (χ1) is 14.6. The van der Waals surface area contributed by atoms with Crippen molar-refractivity contribution in [2.45, 2.75) is 72.8 Å². The number of hydrogen-bond donors (Lipinski definition) is 2. The molecule has 0 bridgehead atoms. The van der Waals surface area contributed by atoms with Gasteiger partial charge in [-0.15, -0.1) is 0 Å². The van der Waals surface area contributed by atoms with E-state index in [2.05, 4.69) is 39.9 Å². The summed E-state index contributed by atoms with van der Waals surface area (Å²) in [7, 11) is 0. The number of nitrogens with one attached hydrogen (secondary N) is 2. The molecule has 0 fully saturated rings. The molecule has 0 aliphatic heterocycles. The Morgan fingerprint density at radius 3 is 2.32 bits per heavy atom. The van der Waals surface area contributed by atoms with E-state index in [4.69, 9.17) is 4.74 Å². The highest BCUT2D eigenvalue weighted by molar-refractivity contribution is 5.92. The molecule has 168 valence electrons. The molecule has 1 aromatic carbocycles. The predicted octanol–water partition coefficient (Wildman–Crippen LogP) is 5.10. The SMILES string of the molecule is CCCC(=O)Nc1c(Cc2ccc(CCNC(=O)OC(C)(C)C)cc2)cc(C)nc1C. The van der Waals surface area contributed by atoms with Crippen LogP contribution in [-0.2, 0) is 22.4 Å². The van der Waals surface area contributed by atoms with Crippen LogP contribution in [0.15, 0.2) is 30.3 Å². The zero-order valence-electron chi connectivity index (χ0n) is 19.6. The fourth-order valence-corrected chi connectivity index (χ4v) is 3.32. The van der Waals surface area contributed by atoms with Crippen LogP contribution < -0.4 is 10.6 Å². The van der Waals surface area contributed by atoms with Crippen LogP contribution in [0.25, 0.3) is 0 Å². The first-order valence-corrected chi connectivity index (χ1v) is 10.9. The number of carbonyl (C=O) groups is 2. The van der Waals surface area contributed by atoms with Crippen LogP contribution in [0.2, 0.25) is 0 Å². The van der Waals surface area contributed by atoms with Gasteiger partial charge in [0, 0.05) is 18.7 Å². The lowest BCUT2D eigenvalue weighted by Crippen LogP contribution is -2.33. The van der Waals surface area contributed by atoms with Crippen molar-refractivity contribution >= 4 is 17.7 Å². The Labute approximate surface area is 185 Å². The number of carbonyl (C=O) groups excluding carboxylic acids is 2. The highest BCUT2D eigenvalue weighted by Crippen LogP contribution is 2.24. The number of nitrogens with zero attached hydrogens (tertiary/aromatic N) is 1. The zero-order valence-corrected chi connectivity index (χ0v) is 19.6. The van der Waals surface area contributed by atoms with Crippen LogP contribution in [-0.4, -0.2) is 29.1 Å². The van der Waals surface area contributed by atoms with Gasteiger partial charge in [-0.25, -0.2) is 4.79 Å². The Morgan fingerprint density at radius 1 is 1.06 bits per heavy atom. The summed E-state index contributed by atoms with van der Waals surface area (Å²) >= 11 is 0. The van der Waals surface area contributed by atoms with Crippen LogP contribution in [0.5, 0.6) is 0 Å². The molecule has 2 N–H and O–H groups in total. The molecular weight excluding hydrogens is 390 g/mol. The van der Waals surface area contributed by atoms with Crippen LogP contribution in [0, 0.1) is 13.8 Å². The molecule has 1 aromatic heterocycles. The van der Waals surface area contributed by atoms with Crippen molar-refractivity contribution in [1.82, 2.24) is 10.3 Å². The standard InChI is InChI=1S/C25H35N3O3/c1-7-8-22(29)28-23-18(3)27-17(2)15-21(23)16-20-11-9-19(10-12-20)13-14-26-24(30)31-25(4,5)6/h9-12,15H,7-8,13-14,16H2,1-6H3,(H,26,30)(H,28,29). The maximum atomic E-state index is 12.1. The second kappa shape index (κ2) is 10.9. The fraction of sp³-hybridized carbons (Fsp3) is 0.480. The van der Waals surface area contributed by atoms with Crippen molar-refractivity contribution in [3.8, 4) is 0 Å². The summed E-state index contributed by atoms with van der Waals surface area (Å²) in [5, 5.41) is 5.82. The summed E-state index contributed by atoms with van der Waals surface area (Å²) in [6, 6.07) is 10.4. The summed E-state index contributed by atoms with van der Waals surface area (Å²) in [5.74, 6) is 0.0188. The number of hydrogen-bond acceptors (Lipinski definition) is 4. The molecule has 0 unspecified atom stereocenters. The van der Waals surface area contributed by atoms with Gasteiger partial charge in [0.2, 0.25) is 5.91 Å². The molecule has 0 radical (unpaired) electrons. The van der Waals surface area contributed by atoms with Gasteiger partial charge in [0.1, 0.15) is 5.60 Å². The Kier molecular flexibility index (Phi) is 8.60. The van der Waals surface area contributed by atoms with E-state index in [0.717, 1.165) is 46.6 Å². The third-order valence-corrected chi connectivity index (χ3v) is 4.65. The summed E-state index contributed by atoms with van der Waals surface area (Å²) in [5.41, 5.74) is 5.45. The molecule has 31 heavy (non-hydrogen) atoms. The van der Waals surface area contributed by atoms with Gasteiger partial charge < -0.3 is 15.4 Å². The van der Waals surface area contributed by atoms with Crippen LogP contribution >= 0.6 is 0 Å². The molecule has 0 saturated heterocycles. The molecule has 6 nitrogen and oxygen atoms in total. The number of rotatable bonds is 8. The second-order valence-corrected chi connectivity index (χ2v) is 8.85. The molecule has 0 saturated carbocycles. The topological polar surface area (TPSA) is 80.3 Å². The van der Waals surface area contributed by atoms with Gasteiger partial charge in [0.15, 0.2) is 0 Å². The van der Waals surface area contributed by atoms with Crippen molar-refractivity contribution in [2.24, 2.45) is 0 Å². The van der Waals surface area contributed by atoms with E-state index in [9.17, 15) is 9.59 Å². The van der Waals surface area contributed by atoms with E-state index >= 15 is 0 Å². The number of benzene rings is 1. The minimum absolute atomic E-state index is 0.0188. The monoisotopic (exact) mass is 425 g/mol. The molecule has 1 heterocycles. The smallest absolute Gasteiger partial charge is 0.407 e. The number of alkyl carbamates (subject to hydrolysis) is 1. The first kappa shape index (κ1) is 24.4. The first-order valence-electron chi connectivity index (χ1n) is 10.9. The zero-order chi connectivity index (χ0) is 23.0. The molecule has 2 rings (SSSR count). The highest BCUT2D eigenvalue weighted by atomic mass is 16.6. The van der Waals surface area contributed by atoms with Gasteiger partial charge in [-0.05, 0) is 76.6 Å². The summed E-state index contributed by atoms with van der Waals surface area (Å²) in [6.45, 7) is 11.9. The number of pyridine rings is 1. The molecule has 0 atom stereocenters. The van der Waals surface area contributed by atoms with Crippen LogP contribution in [0.1, 0.15) is 68.6 Å².